The fraction of sp³-hybridized carbons (Fsp3) is 0.222. The number of esters is 1. The van der Waals surface area contributed by atoms with Crippen LogP contribution in [0.4, 0.5) is 5.69 Å². The first-order valence-corrected chi connectivity index (χ1v) is 7.11. The van der Waals surface area contributed by atoms with Crippen LogP contribution in [-0.4, -0.2) is 26.1 Å². The van der Waals surface area contributed by atoms with Crippen molar-refractivity contribution in [2.24, 2.45) is 0 Å². The molecule has 0 spiro atoms. The highest BCUT2D eigenvalue weighted by molar-refractivity contribution is 6.06. The summed E-state index contributed by atoms with van der Waals surface area (Å²) in [6.07, 6.45) is 0. The van der Waals surface area contributed by atoms with Gasteiger partial charge >= 0.3 is 5.97 Å². The Bertz CT molecular complexity index is 753. The van der Waals surface area contributed by atoms with Gasteiger partial charge in [0.2, 0.25) is 0 Å². The third-order valence-electron chi connectivity index (χ3n) is 3.51. The summed E-state index contributed by atoms with van der Waals surface area (Å²) < 4.78 is 9.93. The summed E-state index contributed by atoms with van der Waals surface area (Å²) in [5.74, 6) is -0.266. The summed E-state index contributed by atoms with van der Waals surface area (Å²) in [6.45, 7) is 3.80. The number of ether oxygens (including phenoxy) is 2. The number of carbonyl (C=O) groups excluding carboxylic acids is 2. The van der Waals surface area contributed by atoms with Crippen LogP contribution < -0.4 is 10.1 Å². The average Bonchev–Trinajstić information content (AvgIpc) is 2.56. The molecule has 5 heteroatoms. The molecule has 120 valence electrons. The van der Waals surface area contributed by atoms with Crippen LogP contribution >= 0.6 is 0 Å². The molecule has 2 rings (SSSR count). The zero-order valence-corrected chi connectivity index (χ0v) is 13.6. The first-order valence-electron chi connectivity index (χ1n) is 7.11. The van der Waals surface area contributed by atoms with Gasteiger partial charge in [-0.05, 0) is 43.7 Å². The molecule has 0 aromatic heterocycles. The topological polar surface area (TPSA) is 64.6 Å². The maximum Gasteiger partial charge on any atom is 0.337 e. The van der Waals surface area contributed by atoms with Gasteiger partial charge in [-0.25, -0.2) is 4.79 Å². The number of carbonyl (C=O) groups is 2. The molecule has 0 atom stereocenters. The van der Waals surface area contributed by atoms with Crippen molar-refractivity contribution in [1.82, 2.24) is 0 Å². The number of hydrogen-bond acceptors (Lipinski definition) is 4. The van der Waals surface area contributed by atoms with Gasteiger partial charge in [0.15, 0.2) is 0 Å². The third kappa shape index (κ3) is 3.69. The SMILES string of the molecule is COC(=O)c1ccc(OC)c(NC(=O)c2cc(C)ccc2C)c1. The van der Waals surface area contributed by atoms with E-state index in [9.17, 15) is 9.59 Å². The van der Waals surface area contributed by atoms with Gasteiger partial charge in [0.05, 0.1) is 25.5 Å². The van der Waals surface area contributed by atoms with Crippen molar-refractivity contribution >= 4 is 17.6 Å². The van der Waals surface area contributed by atoms with E-state index < -0.39 is 5.97 Å². The van der Waals surface area contributed by atoms with E-state index >= 15 is 0 Å². The molecule has 0 radical (unpaired) electrons. The Balaban J connectivity index is 2.36. The zero-order valence-electron chi connectivity index (χ0n) is 13.6. The molecular formula is C18H19NO4. The molecule has 0 heterocycles. The second-order valence-electron chi connectivity index (χ2n) is 5.18. The Labute approximate surface area is 135 Å². The number of aryl methyl sites for hydroxylation is 2. The minimum absolute atomic E-state index is 0.258. The van der Waals surface area contributed by atoms with Crippen LogP contribution in [-0.2, 0) is 4.74 Å². The Kier molecular flexibility index (Phi) is 5.01. The fourth-order valence-electron chi connectivity index (χ4n) is 2.22. The smallest absolute Gasteiger partial charge is 0.337 e. The molecule has 0 aliphatic heterocycles. The van der Waals surface area contributed by atoms with Gasteiger partial charge in [0, 0.05) is 5.56 Å². The number of amides is 1. The van der Waals surface area contributed by atoms with Crippen molar-refractivity contribution in [1.29, 1.82) is 0 Å². The molecule has 23 heavy (non-hydrogen) atoms. The minimum Gasteiger partial charge on any atom is -0.495 e. The highest BCUT2D eigenvalue weighted by Gasteiger charge is 2.15. The van der Waals surface area contributed by atoms with Crippen molar-refractivity contribution in [2.45, 2.75) is 13.8 Å². The maximum absolute atomic E-state index is 12.5. The largest absolute Gasteiger partial charge is 0.495 e. The maximum atomic E-state index is 12.5. The van der Waals surface area contributed by atoms with Crippen LogP contribution in [0.3, 0.4) is 0 Å². The lowest BCUT2D eigenvalue weighted by atomic mass is 10.0. The van der Waals surface area contributed by atoms with Gasteiger partial charge in [-0.15, -0.1) is 0 Å². The molecule has 2 aromatic rings. The predicted molar refractivity (Wildman–Crippen MR) is 88.2 cm³/mol. The summed E-state index contributed by atoms with van der Waals surface area (Å²) in [7, 11) is 2.81. The molecule has 0 bridgehead atoms. The highest BCUT2D eigenvalue weighted by Crippen LogP contribution is 2.27. The predicted octanol–water partition coefficient (Wildman–Crippen LogP) is 3.35. The van der Waals surface area contributed by atoms with E-state index in [1.807, 2.05) is 32.0 Å². The molecule has 0 fully saturated rings. The van der Waals surface area contributed by atoms with E-state index in [1.54, 1.807) is 12.1 Å². The summed E-state index contributed by atoms with van der Waals surface area (Å²) >= 11 is 0. The number of benzene rings is 2. The lowest BCUT2D eigenvalue weighted by molar-refractivity contribution is 0.0600. The van der Waals surface area contributed by atoms with E-state index in [-0.39, 0.29) is 5.91 Å². The van der Waals surface area contributed by atoms with E-state index in [1.165, 1.54) is 20.3 Å². The molecule has 0 unspecified atom stereocenters. The van der Waals surface area contributed by atoms with Gasteiger partial charge < -0.3 is 14.8 Å². The molecular weight excluding hydrogens is 294 g/mol. The van der Waals surface area contributed by atoms with Gasteiger partial charge in [0.25, 0.3) is 5.91 Å². The van der Waals surface area contributed by atoms with Crippen molar-refractivity contribution in [2.75, 3.05) is 19.5 Å². The van der Waals surface area contributed by atoms with Crippen LogP contribution in [0.5, 0.6) is 5.75 Å². The number of rotatable bonds is 4. The molecule has 1 N–H and O–H groups in total. The first kappa shape index (κ1) is 16.5. The standard InChI is InChI=1S/C18H19NO4/c1-11-5-6-12(2)14(9-11)17(20)19-15-10-13(18(21)23-4)7-8-16(15)22-3/h5-10H,1-4H3,(H,19,20). The molecule has 2 aromatic carbocycles. The average molecular weight is 313 g/mol. The molecule has 1 amide bonds. The van der Waals surface area contributed by atoms with Crippen molar-refractivity contribution < 1.29 is 19.1 Å². The fourth-order valence-corrected chi connectivity index (χ4v) is 2.22. The lowest BCUT2D eigenvalue weighted by Crippen LogP contribution is -2.15. The molecule has 5 nitrogen and oxygen atoms in total. The summed E-state index contributed by atoms with van der Waals surface area (Å²) in [4.78, 5) is 24.2. The van der Waals surface area contributed by atoms with Crippen LogP contribution in [0.1, 0.15) is 31.8 Å². The molecule has 0 aliphatic carbocycles. The van der Waals surface area contributed by atoms with Gasteiger partial charge in [-0.2, -0.15) is 0 Å². The number of anilines is 1. The van der Waals surface area contributed by atoms with Crippen molar-refractivity contribution in [3.8, 4) is 5.75 Å². The number of methoxy groups -OCH3 is 2. The van der Waals surface area contributed by atoms with Gasteiger partial charge in [-0.3, -0.25) is 4.79 Å². The van der Waals surface area contributed by atoms with Crippen LogP contribution in [0.2, 0.25) is 0 Å². The lowest BCUT2D eigenvalue weighted by Gasteiger charge is -2.13. The van der Waals surface area contributed by atoms with Crippen molar-refractivity contribution in [3.63, 3.8) is 0 Å². The Morgan fingerprint density at radius 3 is 2.39 bits per heavy atom. The van der Waals surface area contributed by atoms with Gasteiger partial charge in [0.1, 0.15) is 5.75 Å². The van der Waals surface area contributed by atoms with Crippen LogP contribution in [0, 0.1) is 13.8 Å². The number of hydrogen-bond donors (Lipinski definition) is 1. The van der Waals surface area contributed by atoms with Crippen LogP contribution in [0.15, 0.2) is 36.4 Å². The molecule has 0 aliphatic rings. The van der Waals surface area contributed by atoms with E-state index in [4.69, 9.17) is 9.47 Å². The second-order valence-corrected chi connectivity index (χ2v) is 5.18. The zero-order chi connectivity index (χ0) is 17.0. The Morgan fingerprint density at radius 2 is 1.74 bits per heavy atom. The number of nitrogens with one attached hydrogen (secondary N) is 1. The van der Waals surface area contributed by atoms with E-state index in [2.05, 4.69) is 5.32 Å². The highest BCUT2D eigenvalue weighted by atomic mass is 16.5. The van der Waals surface area contributed by atoms with E-state index in [0.717, 1.165) is 11.1 Å². The Hall–Kier alpha value is -2.82. The monoisotopic (exact) mass is 313 g/mol. The Morgan fingerprint density at radius 1 is 1.00 bits per heavy atom. The second kappa shape index (κ2) is 6.96. The summed E-state index contributed by atoms with van der Waals surface area (Å²) in [5.41, 5.74) is 3.20. The minimum atomic E-state index is -0.477. The molecule has 0 saturated heterocycles. The van der Waals surface area contributed by atoms with Gasteiger partial charge in [-0.1, -0.05) is 17.7 Å². The quantitative estimate of drug-likeness (QED) is 0.879. The van der Waals surface area contributed by atoms with E-state index in [0.29, 0.717) is 22.6 Å². The van der Waals surface area contributed by atoms with Crippen LogP contribution in [0.25, 0.3) is 0 Å². The summed E-state index contributed by atoms with van der Waals surface area (Å²) in [6, 6.07) is 10.4. The normalized spacial score (nSPS) is 10.1. The summed E-state index contributed by atoms with van der Waals surface area (Å²) in [5, 5.41) is 2.79. The van der Waals surface area contributed by atoms with Crippen molar-refractivity contribution in [3.05, 3.63) is 58.7 Å². The third-order valence-corrected chi connectivity index (χ3v) is 3.51. The molecule has 0 saturated carbocycles. The first-order chi connectivity index (χ1) is 11.0.